The summed E-state index contributed by atoms with van der Waals surface area (Å²) >= 11 is 0. The topological polar surface area (TPSA) is 174 Å². The van der Waals surface area contributed by atoms with Crippen molar-refractivity contribution in [1.29, 1.82) is 0 Å². The van der Waals surface area contributed by atoms with Crippen molar-refractivity contribution in [1.82, 2.24) is 4.90 Å². The lowest BCUT2D eigenvalue weighted by atomic mass is 9.78. The van der Waals surface area contributed by atoms with E-state index < -0.39 is 48.4 Å². The van der Waals surface area contributed by atoms with Crippen molar-refractivity contribution in [3.8, 4) is 11.5 Å². The molecule has 2 aliphatic heterocycles. The van der Waals surface area contributed by atoms with E-state index in [1.165, 1.54) is 41.3 Å². The Morgan fingerprint density at radius 2 is 1.74 bits per heavy atom. The number of aromatic hydroxyl groups is 1. The summed E-state index contributed by atoms with van der Waals surface area (Å²) in [6.45, 7) is 3.23. The molecule has 1 fully saturated rings. The van der Waals surface area contributed by atoms with Gasteiger partial charge < -0.3 is 39.9 Å². The van der Waals surface area contributed by atoms with Crippen molar-refractivity contribution in [2.24, 2.45) is 0 Å². The van der Waals surface area contributed by atoms with Crippen molar-refractivity contribution >= 4 is 23.1 Å². The summed E-state index contributed by atoms with van der Waals surface area (Å²) in [5.74, 6) is -2.56. The number of hydrogen-bond donors (Lipinski definition) is 5. The van der Waals surface area contributed by atoms with Crippen molar-refractivity contribution in [3.05, 3.63) is 99.2 Å². The number of hydrogen-bond acceptors (Lipinski definition) is 10. The van der Waals surface area contributed by atoms with Crippen LogP contribution in [-0.2, 0) is 11.3 Å². The Morgan fingerprint density at radius 1 is 1.02 bits per heavy atom. The van der Waals surface area contributed by atoms with Crippen LogP contribution in [0.15, 0.2) is 60.3 Å². The molecule has 5 atom stereocenters. The molecule has 3 aromatic carbocycles. The van der Waals surface area contributed by atoms with Crippen LogP contribution in [0.5, 0.6) is 11.5 Å². The van der Waals surface area contributed by atoms with Crippen molar-refractivity contribution in [2.75, 3.05) is 0 Å². The maximum atomic E-state index is 14.4. The van der Waals surface area contributed by atoms with Crippen LogP contribution in [-0.4, -0.2) is 72.6 Å². The van der Waals surface area contributed by atoms with Gasteiger partial charge in [0.15, 0.2) is 12.0 Å². The molecule has 0 amide bonds. The van der Waals surface area contributed by atoms with Gasteiger partial charge in [-0.25, -0.2) is 4.79 Å². The van der Waals surface area contributed by atoms with Gasteiger partial charge in [-0.2, -0.15) is 0 Å². The Hall–Kier alpha value is -4.55. The number of aromatic carboxylic acids is 1. The Kier molecular flexibility index (Phi) is 7.05. The van der Waals surface area contributed by atoms with Gasteiger partial charge in [0.2, 0.25) is 12.1 Å². The molecule has 3 aliphatic rings. The average Bonchev–Trinajstić information content (AvgIpc) is 2.96. The van der Waals surface area contributed by atoms with Crippen LogP contribution in [0.4, 0.5) is 0 Å². The fraction of sp³-hybridized carbons (Fsp3) is 0.281. The number of nitrogens with zero attached hydrogens (tertiary/aromatic N) is 1. The normalized spacial score (nSPS) is 24.8. The quantitative estimate of drug-likeness (QED) is 0.297. The van der Waals surface area contributed by atoms with E-state index in [9.17, 15) is 39.9 Å². The molecular weight excluding hydrogens is 558 g/mol. The lowest BCUT2D eigenvalue weighted by Crippen LogP contribution is -2.48. The number of carbonyl (C=O) groups is 3. The summed E-state index contributed by atoms with van der Waals surface area (Å²) in [6, 6.07) is 13.5. The first-order valence-electron chi connectivity index (χ1n) is 13.7. The number of aliphatic hydroxyl groups is 3. The van der Waals surface area contributed by atoms with E-state index in [4.69, 9.17) is 9.47 Å². The molecule has 0 spiro atoms. The number of benzene rings is 3. The zero-order valence-electron chi connectivity index (χ0n) is 23.2. The van der Waals surface area contributed by atoms with Crippen LogP contribution >= 0.6 is 0 Å². The molecule has 2 heterocycles. The minimum atomic E-state index is -1.44. The third kappa shape index (κ3) is 4.76. The Labute approximate surface area is 245 Å². The number of phenolic OH excluding ortho intramolecular Hbond substituents is 1. The number of phenols is 1. The smallest absolute Gasteiger partial charge is 0.335 e. The molecule has 0 bridgehead atoms. The first-order valence-corrected chi connectivity index (χ1v) is 13.7. The molecule has 222 valence electrons. The molecule has 5 N–H and O–H groups in total. The number of carboxylic acids is 1. The van der Waals surface area contributed by atoms with Gasteiger partial charge in [-0.3, -0.25) is 9.59 Å². The fourth-order valence-corrected chi connectivity index (χ4v) is 5.95. The fourth-order valence-electron chi connectivity index (χ4n) is 5.95. The number of fused-ring (bicyclic) bond motifs is 3. The lowest BCUT2D eigenvalue weighted by Gasteiger charge is -2.40. The number of aryl methyl sites for hydroxylation is 1. The maximum Gasteiger partial charge on any atom is 0.335 e. The molecule has 1 saturated heterocycles. The molecule has 6 rings (SSSR count). The molecule has 1 aliphatic carbocycles. The van der Waals surface area contributed by atoms with Gasteiger partial charge in [0.25, 0.3) is 0 Å². The van der Waals surface area contributed by atoms with Crippen LogP contribution in [0.25, 0.3) is 5.57 Å². The zero-order chi connectivity index (χ0) is 30.7. The van der Waals surface area contributed by atoms with Gasteiger partial charge in [-0.05, 0) is 49.2 Å². The number of Topliss-reactive ketones (excluding diaryl/α,β-unsaturated/α-hetero) is 2. The summed E-state index contributed by atoms with van der Waals surface area (Å²) < 4.78 is 11.7. The first-order chi connectivity index (χ1) is 20.5. The zero-order valence-corrected chi connectivity index (χ0v) is 23.2. The van der Waals surface area contributed by atoms with E-state index in [0.29, 0.717) is 11.1 Å². The number of allylic oxidation sites excluding steroid dienone is 2. The summed E-state index contributed by atoms with van der Waals surface area (Å²) in [4.78, 5) is 41.3. The Balaban J connectivity index is 1.47. The number of carbonyl (C=O) groups excluding carboxylic acids is 2. The summed E-state index contributed by atoms with van der Waals surface area (Å²) in [6.07, 6.45) is -5.53. The van der Waals surface area contributed by atoms with E-state index >= 15 is 0 Å². The van der Waals surface area contributed by atoms with Crippen LogP contribution < -0.4 is 4.74 Å². The Bertz CT molecular complexity index is 1680. The number of rotatable bonds is 5. The minimum Gasteiger partial charge on any atom is -0.507 e. The first kappa shape index (κ1) is 28.6. The summed E-state index contributed by atoms with van der Waals surface area (Å²) in [5.41, 5.74) is 1.28. The second-order valence-corrected chi connectivity index (χ2v) is 11.0. The van der Waals surface area contributed by atoms with E-state index in [2.05, 4.69) is 0 Å². The number of aliphatic hydroxyl groups excluding tert-OH is 3. The highest BCUT2D eigenvalue weighted by Gasteiger charge is 2.45. The molecular formula is C32H29NO10. The second kappa shape index (κ2) is 10.6. The molecule has 0 radical (unpaired) electrons. The summed E-state index contributed by atoms with van der Waals surface area (Å²) in [7, 11) is 0. The SMILES string of the molecule is Cc1cc(O)c2c(c1)[C@H](O)N(Cc1ccc(C(=O)O)cc1)C1=C2C(=O)c2cccc(O[C@H]3C[C@@H](O)[C@@H](O)[C@H](C)O3)c2C1=O. The average molecular weight is 588 g/mol. The van der Waals surface area contributed by atoms with Crippen molar-refractivity contribution < 1.29 is 49.4 Å². The lowest BCUT2D eigenvalue weighted by molar-refractivity contribution is -0.216. The predicted octanol–water partition coefficient (Wildman–Crippen LogP) is 2.93. The van der Waals surface area contributed by atoms with Crippen LogP contribution in [0.3, 0.4) is 0 Å². The van der Waals surface area contributed by atoms with Crippen molar-refractivity contribution in [2.45, 2.75) is 57.6 Å². The van der Waals surface area contributed by atoms with Gasteiger partial charge in [0.1, 0.15) is 23.3 Å². The largest absolute Gasteiger partial charge is 0.507 e. The summed E-state index contributed by atoms with van der Waals surface area (Å²) in [5, 5.41) is 52.2. The highest BCUT2D eigenvalue weighted by molar-refractivity contribution is 6.41. The molecule has 43 heavy (non-hydrogen) atoms. The standard InChI is InChI=1S/C32H29NO10/c1-14-10-19-24(20(34)11-14)26-27(33(31(19)39)13-16-6-8-17(9-7-16)32(40)41)30(38)25-18(29(26)37)4-3-5-22(25)43-23-12-21(35)28(36)15(2)42-23/h3-11,15,21,23,28,31,34-36,39H,12-13H2,1-2H3,(H,40,41)/t15-,21+,23-,28-,31-/m0/s1. The van der Waals surface area contributed by atoms with Crippen LogP contribution in [0.2, 0.25) is 0 Å². The van der Waals surface area contributed by atoms with Gasteiger partial charge in [0, 0.05) is 29.7 Å². The second-order valence-electron chi connectivity index (χ2n) is 11.0. The monoisotopic (exact) mass is 587 g/mol. The van der Waals surface area contributed by atoms with Crippen LogP contribution in [0.1, 0.15) is 72.9 Å². The molecule has 0 unspecified atom stereocenters. The Morgan fingerprint density at radius 3 is 2.42 bits per heavy atom. The maximum absolute atomic E-state index is 14.4. The molecule has 0 saturated carbocycles. The van der Waals surface area contributed by atoms with Gasteiger partial charge in [-0.15, -0.1) is 0 Å². The van der Waals surface area contributed by atoms with Gasteiger partial charge in [-0.1, -0.05) is 30.3 Å². The molecule has 11 nitrogen and oxygen atoms in total. The highest BCUT2D eigenvalue weighted by atomic mass is 16.7. The number of ether oxygens (including phenoxy) is 2. The van der Waals surface area contributed by atoms with E-state index in [1.54, 1.807) is 32.0 Å². The van der Waals surface area contributed by atoms with Gasteiger partial charge >= 0.3 is 5.97 Å². The minimum absolute atomic E-state index is 0.0161. The van der Waals surface area contributed by atoms with Crippen LogP contribution in [0, 0.1) is 6.92 Å². The van der Waals surface area contributed by atoms with E-state index in [0.717, 1.165) is 0 Å². The number of ketones is 2. The van der Waals surface area contributed by atoms with Crippen molar-refractivity contribution in [3.63, 3.8) is 0 Å². The molecule has 11 heteroatoms. The molecule has 0 aromatic heterocycles. The number of carboxylic acid groups (broad SMARTS) is 1. The van der Waals surface area contributed by atoms with Gasteiger partial charge in [0.05, 0.1) is 28.9 Å². The third-order valence-corrected chi connectivity index (χ3v) is 8.07. The molecule has 3 aromatic rings. The third-order valence-electron chi connectivity index (χ3n) is 8.07. The highest BCUT2D eigenvalue weighted by Crippen LogP contribution is 2.49. The predicted molar refractivity (Wildman–Crippen MR) is 150 cm³/mol. The van der Waals surface area contributed by atoms with E-state index in [1.807, 2.05) is 0 Å². The van der Waals surface area contributed by atoms with E-state index in [-0.39, 0.29) is 63.6 Å².